The molecular weight excluding hydrogens is 761 g/mol. The van der Waals surface area contributed by atoms with Crippen LogP contribution in [0.25, 0.3) is 10.4 Å². The van der Waals surface area contributed by atoms with Crippen LogP contribution in [0.1, 0.15) is 117 Å². The number of aliphatic hydroxyl groups is 1. The highest BCUT2D eigenvalue weighted by atomic mass is 32.1. The third-order valence-electron chi connectivity index (χ3n) is 13.5. The Kier molecular flexibility index (Phi) is 12.6. The van der Waals surface area contributed by atoms with E-state index >= 15 is 0 Å². The van der Waals surface area contributed by atoms with Crippen LogP contribution in [0.4, 0.5) is 0 Å². The molecule has 1 spiro atoms. The van der Waals surface area contributed by atoms with Gasteiger partial charge in [-0.1, -0.05) is 58.9 Å². The number of benzene rings is 1. The SMILES string of the molecule is Cc1ncsc1-c1ccc(CNC(=O)C2CC(O)CN2C(=O)C(NC(=O)CCCCC(=O)CC2OC3OC4(C)CCC5C(C)CCC(C2C)C35OO4)C(C)(C)C)cc1. The normalized spacial score (nSPS) is 33.6. The minimum absolute atomic E-state index is 0.00211. The second kappa shape index (κ2) is 17.0. The van der Waals surface area contributed by atoms with E-state index in [1.54, 1.807) is 11.3 Å². The van der Waals surface area contributed by atoms with Crippen molar-refractivity contribution < 1.29 is 43.5 Å². The first kappa shape index (κ1) is 42.8. The van der Waals surface area contributed by atoms with Crippen LogP contribution in [0.5, 0.6) is 0 Å². The second-order valence-electron chi connectivity index (χ2n) is 18.8. The molecule has 3 N–H and O–H groups in total. The van der Waals surface area contributed by atoms with Gasteiger partial charge < -0.3 is 30.1 Å². The monoisotopic (exact) mass is 822 g/mol. The smallest absolute Gasteiger partial charge is 0.246 e. The van der Waals surface area contributed by atoms with Gasteiger partial charge in [-0.25, -0.2) is 14.8 Å². The summed E-state index contributed by atoms with van der Waals surface area (Å²) in [5.74, 6) is -0.877. The fourth-order valence-electron chi connectivity index (χ4n) is 10.2. The number of ether oxygens (including phenoxy) is 2. The summed E-state index contributed by atoms with van der Waals surface area (Å²) in [6.45, 7) is 14.2. The van der Waals surface area contributed by atoms with E-state index in [1.165, 1.54) is 4.90 Å². The van der Waals surface area contributed by atoms with Crippen molar-refractivity contribution in [2.45, 2.75) is 161 Å². The molecule has 11 unspecified atom stereocenters. The maximum absolute atomic E-state index is 14.1. The molecule has 6 fully saturated rings. The van der Waals surface area contributed by atoms with Gasteiger partial charge in [0.2, 0.25) is 23.5 Å². The van der Waals surface area contributed by atoms with Crippen molar-refractivity contribution in [1.82, 2.24) is 20.5 Å². The highest BCUT2D eigenvalue weighted by Crippen LogP contribution is 2.60. The summed E-state index contributed by atoms with van der Waals surface area (Å²) in [4.78, 5) is 73.1. The van der Waals surface area contributed by atoms with Gasteiger partial charge in [-0.2, -0.15) is 0 Å². The summed E-state index contributed by atoms with van der Waals surface area (Å²) in [5, 5.41) is 16.5. The molecule has 6 heterocycles. The van der Waals surface area contributed by atoms with Crippen molar-refractivity contribution in [3.05, 3.63) is 41.0 Å². The molecule has 5 saturated heterocycles. The maximum atomic E-state index is 14.1. The zero-order chi connectivity index (χ0) is 41.6. The standard InChI is InChI=1S/C44H62N4O9S/c1-25-12-17-33-26(2)35(54-41-44(33)32(25)18-19-43(7,55-41)56-57-44)21-30(49)10-8-9-11-36(51)47-38(42(4,5)6)40(53)48-23-31(50)20-34(48)39(52)45-22-28-13-15-29(16-14-28)37-27(3)46-24-58-37/h13-16,24-26,31-35,38,41,50H,8-12,17-23H2,1-7H3,(H,45,52)(H,47,51). The van der Waals surface area contributed by atoms with E-state index in [4.69, 9.17) is 19.2 Å². The molecule has 5 aliphatic heterocycles. The second-order valence-corrected chi connectivity index (χ2v) is 19.7. The molecule has 0 radical (unpaired) electrons. The van der Waals surface area contributed by atoms with Crippen LogP contribution in [0, 0.1) is 36.0 Å². The van der Waals surface area contributed by atoms with Gasteiger partial charge in [0.15, 0.2) is 11.9 Å². The zero-order valence-electron chi connectivity index (χ0n) is 35.1. The Labute approximate surface area is 346 Å². The van der Waals surface area contributed by atoms with E-state index in [2.05, 4.69) is 29.5 Å². The van der Waals surface area contributed by atoms with E-state index in [0.717, 1.165) is 47.4 Å². The van der Waals surface area contributed by atoms with Crippen LogP contribution < -0.4 is 10.6 Å². The number of β-amino-alcohol motifs (C(OH)–C–C–N with tert-alkyl or cyclic N) is 1. The van der Waals surface area contributed by atoms with Crippen LogP contribution >= 0.6 is 11.3 Å². The van der Waals surface area contributed by atoms with E-state index < -0.39 is 47.2 Å². The van der Waals surface area contributed by atoms with E-state index in [1.807, 2.05) is 64.4 Å². The van der Waals surface area contributed by atoms with Gasteiger partial charge in [-0.3, -0.25) is 19.2 Å². The number of nitrogens with zero attached hydrogens (tertiary/aromatic N) is 2. The molecule has 8 rings (SSSR count). The van der Waals surface area contributed by atoms with Crippen LogP contribution in [-0.4, -0.2) is 87.0 Å². The number of carbonyl (C=O) groups is 4. The summed E-state index contributed by atoms with van der Waals surface area (Å²) >= 11 is 1.58. The molecule has 6 aliphatic rings. The molecule has 2 bridgehead atoms. The van der Waals surface area contributed by atoms with Crippen LogP contribution in [0.3, 0.4) is 0 Å². The number of rotatable bonds is 13. The summed E-state index contributed by atoms with van der Waals surface area (Å²) in [6, 6.07) is 6.12. The molecule has 1 aromatic carbocycles. The predicted octanol–water partition coefficient (Wildman–Crippen LogP) is 6.00. The highest BCUT2D eigenvalue weighted by molar-refractivity contribution is 7.13. The van der Waals surface area contributed by atoms with E-state index in [9.17, 15) is 24.3 Å². The number of Topliss-reactive ketones (excluding diaryl/α,β-unsaturated/α-hetero) is 1. The van der Waals surface area contributed by atoms with Gasteiger partial charge >= 0.3 is 0 Å². The summed E-state index contributed by atoms with van der Waals surface area (Å²) in [7, 11) is 0. The van der Waals surface area contributed by atoms with Crippen molar-refractivity contribution in [3.8, 4) is 10.4 Å². The number of hydrogen-bond donors (Lipinski definition) is 3. The van der Waals surface area contributed by atoms with Crippen molar-refractivity contribution in [3.63, 3.8) is 0 Å². The summed E-state index contributed by atoms with van der Waals surface area (Å²) in [6.07, 6.45) is 3.86. The molecule has 14 heteroatoms. The first-order valence-electron chi connectivity index (χ1n) is 21.3. The number of ketones is 1. The van der Waals surface area contributed by atoms with Crippen LogP contribution in [-0.2, 0) is 45.0 Å². The Morgan fingerprint density at radius 1 is 1.03 bits per heavy atom. The Balaban J connectivity index is 0.885. The number of aliphatic hydroxyl groups excluding tert-OH is 1. The summed E-state index contributed by atoms with van der Waals surface area (Å²) < 4.78 is 13.1. The lowest BCUT2D eigenvalue weighted by Crippen LogP contribution is -2.70. The fourth-order valence-corrected chi connectivity index (χ4v) is 11.0. The number of aryl methyl sites for hydroxylation is 1. The first-order valence-corrected chi connectivity index (χ1v) is 22.1. The molecule has 11 atom stereocenters. The third-order valence-corrected chi connectivity index (χ3v) is 14.5. The van der Waals surface area contributed by atoms with Gasteiger partial charge in [0.25, 0.3) is 0 Å². The Morgan fingerprint density at radius 2 is 1.78 bits per heavy atom. The first-order chi connectivity index (χ1) is 27.5. The van der Waals surface area contributed by atoms with Gasteiger partial charge in [0.1, 0.15) is 17.9 Å². The molecule has 3 amide bonds. The van der Waals surface area contributed by atoms with Crippen LogP contribution in [0.2, 0.25) is 0 Å². The number of fused-ring (bicyclic) bond motifs is 2. The van der Waals surface area contributed by atoms with E-state index in [-0.39, 0.29) is 73.8 Å². The minimum Gasteiger partial charge on any atom is -0.391 e. The molecule has 13 nitrogen and oxygen atoms in total. The van der Waals surface area contributed by atoms with Gasteiger partial charge in [-0.05, 0) is 80.2 Å². The fraction of sp³-hybridized carbons (Fsp3) is 0.705. The molecule has 2 aromatic rings. The number of amides is 3. The van der Waals surface area contributed by atoms with Crippen molar-refractivity contribution in [1.29, 1.82) is 0 Å². The molecule has 1 aliphatic carbocycles. The number of hydrogen-bond acceptors (Lipinski definition) is 11. The Morgan fingerprint density at radius 3 is 2.48 bits per heavy atom. The number of thiazole rings is 1. The van der Waals surface area contributed by atoms with Crippen molar-refractivity contribution in [2.24, 2.45) is 29.1 Å². The average Bonchev–Trinajstić information content (AvgIpc) is 3.72. The lowest BCUT2D eigenvalue weighted by Gasteiger charge is -2.60. The third kappa shape index (κ3) is 8.65. The quantitative estimate of drug-likeness (QED) is 0.161. The molecule has 318 valence electrons. The number of aromatic nitrogens is 1. The highest BCUT2D eigenvalue weighted by Gasteiger charge is 2.69. The van der Waals surface area contributed by atoms with Crippen molar-refractivity contribution in [2.75, 3.05) is 6.54 Å². The minimum atomic E-state index is -0.918. The lowest BCUT2D eigenvalue weighted by molar-refractivity contribution is -0.570. The topological polar surface area (TPSA) is 166 Å². The number of unbranched alkanes of at least 4 members (excludes halogenated alkanes) is 1. The number of likely N-dealkylation sites (tertiary alicyclic amines) is 1. The molecule has 58 heavy (non-hydrogen) atoms. The van der Waals surface area contributed by atoms with Crippen LogP contribution in [0.15, 0.2) is 29.8 Å². The number of nitrogens with one attached hydrogen (secondary N) is 2. The Hall–Kier alpha value is -3.27. The van der Waals surface area contributed by atoms with Gasteiger partial charge in [-0.15, -0.1) is 11.3 Å². The molecular formula is C44H62N4O9S. The zero-order valence-corrected chi connectivity index (χ0v) is 35.9. The van der Waals surface area contributed by atoms with E-state index in [0.29, 0.717) is 25.2 Å². The summed E-state index contributed by atoms with van der Waals surface area (Å²) in [5.41, 5.74) is 3.41. The largest absolute Gasteiger partial charge is 0.391 e. The van der Waals surface area contributed by atoms with Gasteiger partial charge in [0, 0.05) is 51.1 Å². The molecule has 1 aromatic heterocycles. The maximum Gasteiger partial charge on any atom is 0.246 e. The average molecular weight is 823 g/mol. The molecule has 1 saturated carbocycles. The van der Waals surface area contributed by atoms with Crippen molar-refractivity contribution >= 4 is 34.8 Å². The van der Waals surface area contributed by atoms with Gasteiger partial charge in [0.05, 0.1) is 28.3 Å². The predicted molar refractivity (Wildman–Crippen MR) is 217 cm³/mol. The lowest BCUT2D eigenvalue weighted by atomic mass is 9.57. The number of carbonyl (C=O) groups excluding carboxylic acids is 4. The Bertz CT molecular complexity index is 1830.